The third kappa shape index (κ3) is 8.25. The Balaban J connectivity index is 1.56. The molecule has 1 aliphatic rings. The zero-order chi connectivity index (χ0) is 32.5. The number of alkyl halides is 3. The summed E-state index contributed by atoms with van der Waals surface area (Å²) in [6.45, 7) is 6.20. The van der Waals surface area contributed by atoms with Gasteiger partial charge in [-0.25, -0.2) is 26.8 Å². The lowest BCUT2D eigenvalue weighted by Crippen LogP contribution is -2.33. The van der Waals surface area contributed by atoms with E-state index in [1.807, 2.05) is 30.3 Å². The molecule has 1 aliphatic heterocycles. The molecule has 0 saturated heterocycles. The quantitative estimate of drug-likeness (QED) is 0.290. The fraction of sp³-hybridized carbons (Fsp3) is 0.407. The van der Waals surface area contributed by atoms with Gasteiger partial charge in [0.2, 0.25) is 10.0 Å². The van der Waals surface area contributed by atoms with Crippen LogP contribution in [-0.4, -0.2) is 60.5 Å². The molecule has 0 bridgehead atoms. The van der Waals surface area contributed by atoms with Crippen molar-refractivity contribution < 1.29 is 39.5 Å². The van der Waals surface area contributed by atoms with Crippen molar-refractivity contribution in [2.45, 2.75) is 78.7 Å². The van der Waals surface area contributed by atoms with Crippen LogP contribution in [0.15, 0.2) is 69.4 Å². The largest absolute Gasteiger partial charge is 0.501 e. The summed E-state index contributed by atoms with van der Waals surface area (Å²) in [5.74, 6) is 0.319. The first-order chi connectivity index (χ1) is 20.3. The molecule has 1 amide bonds. The molecule has 3 aromatic rings. The lowest BCUT2D eigenvalue weighted by Gasteiger charge is -2.24. The molecule has 0 saturated carbocycles. The van der Waals surface area contributed by atoms with Crippen molar-refractivity contribution >= 4 is 43.4 Å². The molecule has 1 atom stereocenters. The van der Waals surface area contributed by atoms with Gasteiger partial charge in [0.1, 0.15) is 10.5 Å². The number of benzene rings is 2. The fourth-order valence-corrected chi connectivity index (χ4v) is 6.90. The summed E-state index contributed by atoms with van der Waals surface area (Å²) >= 11 is 1.40. The Hall–Kier alpha value is -3.28. The molecule has 44 heavy (non-hydrogen) atoms. The zero-order valence-corrected chi connectivity index (χ0v) is 26.5. The Morgan fingerprint density at radius 3 is 2.36 bits per heavy atom. The summed E-state index contributed by atoms with van der Waals surface area (Å²) in [4.78, 5) is 12.8. The number of primary sulfonamides is 1. The Morgan fingerprint density at radius 1 is 1.09 bits per heavy atom. The Bertz CT molecular complexity index is 1700. The highest BCUT2D eigenvalue weighted by molar-refractivity contribution is 7.99. The van der Waals surface area contributed by atoms with E-state index in [4.69, 9.17) is 9.88 Å². The van der Waals surface area contributed by atoms with Crippen molar-refractivity contribution in [2.24, 2.45) is 5.14 Å². The summed E-state index contributed by atoms with van der Waals surface area (Å²) in [5, 5.41) is 12.5. The van der Waals surface area contributed by atoms with Gasteiger partial charge in [-0.05, 0) is 57.5 Å². The molecule has 3 N–H and O–H groups in total. The average molecular weight is 676 g/mol. The van der Waals surface area contributed by atoms with Gasteiger partial charge in [-0.3, -0.25) is 9.58 Å². The molecule has 0 spiro atoms. The highest BCUT2D eigenvalue weighted by Gasteiger charge is 2.48. The van der Waals surface area contributed by atoms with Crippen LogP contribution in [0.3, 0.4) is 0 Å². The third-order valence-corrected chi connectivity index (χ3v) is 10.0. The number of hydrogen-bond acceptors (Lipinski definition) is 9. The van der Waals surface area contributed by atoms with Crippen molar-refractivity contribution in [3.63, 3.8) is 0 Å². The van der Waals surface area contributed by atoms with Crippen LogP contribution in [0.1, 0.15) is 38.4 Å². The van der Waals surface area contributed by atoms with Gasteiger partial charge in [0.15, 0.2) is 0 Å². The molecule has 1 aromatic heterocycles. The lowest BCUT2D eigenvalue weighted by molar-refractivity contribution is -0.0435. The number of ether oxygens (including phenoxy) is 1. The molecule has 0 fully saturated rings. The molecule has 17 heteroatoms. The third-order valence-electron chi connectivity index (χ3n) is 6.41. The number of rotatable bonds is 10. The molecule has 11 nitrogen and oxygen atoms in total. The molecule has 4 rings (SSSR count). The number of carbonyl (C=O) groups is 1. The maximum absolute atomic E-state index is 13.6. The number of nitrogens with two attached hydrogens (primary N) is 1. The number of nitrogens with zero attached hydrogens (tertiary/aromatic N) is 3. The van der Waals surface area contributed by atoms with E-state index in [9.17, 15) is 34.8 Å². The van der Waals surface area contributed by atoms with Crippen molar-refractivity contribution in [2.75, 3.05) is 11.1 Å². The summed E-state index contributed by atoms with van der Waals surface area (Å²) < 4.78 is 96.5. The van der Waals surface area contributed by atoms with E-state index in [1.54, 1.807) is 31.6 Å². The average Bonchev–Trinajstić information content (AvgIpc) is 3.48. The number of fused-ring (bicyclic) bond motifs is 1. The number of anilines is 1. The smallest absolute Gasteiger partial charge is 0.444 e. The number of aromatic nitrogens is 2. The van der Waals surface area contributed by atoms with Crippen LogP contribution in [0, 0.1) is 0 Å². The summed E-state index contributed by atoms with van der Waals surface area (Å²) in [6.07, 6.45) is 1.63. The minimum Gasteiger partial charge on any atom is -0.444 e. The van der Waals surface area contributed by atoms with Crippen LogP contribution >= 0.6 is 11.8 Å². The normalized spacial score (nSPS) is 14.8. The van der Waals surface area contributed by atoms with Gasteiger partial charge in [-0.1, -0.05) is 18.2 Å². The van der Waals surface area contributed by atoms with Crippen molar-refractivity contribution in [3.8, 4) is 0 Å². The monoisotopic (exact) mass is 675 g/mol. The topological polar surface area (TPSA) is 154 Å². The number of halogens is 3. The Labute approximate surface area is 257 Å². The zero-order valence-electron chi connectivity index (χ0n) is 24.0. The summed E-state index contributed by atoms with van der Waals surface area (Å²) in [6, 6.07) is 11.0. The number of sulfonamides is 1. The molecule has 0 radical (unpaired) electrons. The molecular weight excluding hydrogens is 644 g/mol. The number of thioether (sulfide) groups is 1. The maximum atomic E-state index is 13.6. The second-order valence-corrected chi connectivity index (χ2v) is 15.7. The van der Waals surface area contributed by atoms with E-state index in [0.717, 1.165) is 22.6 Å². The van der Waals surface area contributed by atoms with E-state index in [1.165, 1.54) is 16.7 Å². The lowest BCUT2D eigenvalue weighted by atomic mass is 10.2. The predicted molar refractivity (Wildman–Crippen MR) is 158 cm³/mol. The Kier molecular flexibility index (Phi) is 9.63. The van der Waals surface area contributed by atoms with E-state index < -0.39 is 58.6 Å². The minimum atomic E-state index is -5.94. The number of aryl methyl sites for hydroxylation is 1. The first-order valence-corrected chi connectivity index (χ1v) is 17.3. The van der Waals surface area contributed by atoms with Crippen molar-refractivity contribution in [1.82, 2.24) is 14.7 Å². The number of sulfone groups is 1. The van der Waals surface area contributed by atoms with E-state index >= 15 is 0 Å². The molecule has 0 aliphatic carbocycles. The maximum Gasteiger partial charge on any atom is 0.501 e. The van der Waals surface area contributed by atoms with Crippen molar-refractivity contribution in [3.05, 3.63) is 66.0 Å². The van der Waals surface area contributed by atoms with Gasteiger partial charge in [-0.2, -0.15) is 18.3 Å². The van der Waals surface area contributed by atoms with Crippen molar-refractivity contribution in [1.29, 1.82) is 0 Å². The Morgan fingerprint density at radius 2 is 1.77 bits per heavy atom. The van der Waals surface area contributed by atoms with Crippen LogP contribution < -0.4 is 10.5 Å². The molecule has 240 valence electrons. The van der Waals surface area contributed by atoms with Gasteiger partial charge >= 0.3 is 11.6 Å². The van der Waals surface area contributed by atoms with Crippen LogP contribution in [0.2, 0.25) is 0 Å². The molecule has 2 heterocycles. The standard InChI is InChI=1S/C27H32F3N5O6S3/c1-26(2,3)41-25(36)34-14-18-15-35(33-23(18)16-34)12-11-19(17-42-20-7-5-4-6-8-20)32-22-10-9-21(44(31,39)40)13-24(22)43(37,38)27(28,29)30/h4-10,13,15,19,32H,11-12,14,16-17H2,1-3H3,(H2,31,39,40)/t19-/m1/s1. The van der Waals surface area contributed by atoms with Gasteiger partial charge in [0, 0.05) is 35.0 Å². The van der Waals surface area contributed by atoms with Gasteiger partial charge in [-0.15, -0.1) is 11.8 Å². The van der Waals surface area contributed by atoms with E-state index in [-0.39, 0.29) is 6.54 Å². The van der Waals surface area contributed by atoms with Gasteiger partial charge in [0.25, 0.3) is 9.84 Å². The molecule has 2 aromatic carbocycles. The number of nitrogens with one attached hydrogen (secondary N) is 1. The predicted octanol–water partition coefficient (Wildman–Crippen LogP) is 4.74. The van der Waals surface area contributed by atoms with Crippen LogP contribution in [0.25, 0.3) is 0 Å². The second kappa shape index (κ2) is 12.6. The molecular formula is C27H32F3N5O6S3. The minimum absolute atomic E-state index is 0.262. The van der Waals surface area contributed by atoms with Crippen LogP contribution in [-0.2, 0) is 44.2 Å². The number of hydrogen-bond donors (Lipinski definition) is 2. The number of amides is 1. The molecule has 0 unspecified atom stereocenters. The summed E-state index contributed by atoms with van der Waals surface area (Å²) in [5.41, 5.74) is -5.22. The van der Waals surface area contributed by atoms with Crippen LogP contribution in [0.4, 0.5) is 23.7 Å². The van der Waals surface area contributed by atoms with Crippen LogP contribution in [0.5, 0.6) is 0 Å². The fourth-order valence-electron chi connectivity index (χ4n) is 4.34. The SMILES string of the molecule is CC(C)(C)OC(=O)N1Cc2cn(CC[C@H](CSc3ccccc3)Nc3ccc(S(N)(=O)=O)cc3S(=O)(=O)C(F)(F)F)nc2C1. The van der Waals surface area contributed by atoms with E-state index in [0.29, 0.717) is 37.0 Å². The van der Waals surface area contributed by atoms with Gasteiger partial charge < -0.3 is 10.1 Å². The summed E-state index contributed by atoms with van der Waals surface area (Å²) in [7, 11) is -10.4. The highest BCUT2D eigenvalue weighted by atomic mass is 32.2. The first-order valence-electron chi connectivity index (χ1n) is 13.3. The highest BCUT2D eigenvalue weighted by Crippen LogP contribution is 2.36. The van der Waals surface area contributed by atoms with Gasteiger partial charge in [0.05, 0.1) is 29.4 Å². The van der Waals surface area contributed by atoms with E-state index in [2.05, 4.69) is 10.4 Å². The first kappa shape index (κ1) is 33.6. The second-order valence-electron chi connectivity index (χ2n) is 11.1. The number of carbonyl (C=O) groups excluding carboxylic acids is 1.